The molecular weight excluding hydrogens is 342 g/mol. The SMILES string of the molecule is CCCCCCCCn1cc(C(=O)c2ccc(Cl)cc2)c2ccccc21. The number of aryl methyl sites for hydroxylation is 1. The smallest absolute Gasteiger partial charge is 0.195 e. The van der Waals surface area contributed by atoms with E-state index in [1.54, 1.807) is 24.3 Å². The molecule has 0 amide bonds. The Hall–Kier alpha value is -2.06. The second-order valence-electron chi connectivity index (χ2n) is 6.86. The average molecular weight is 368 g/mol. The van der Waals surface area contributed by atoms with Gasteiger partial charge in [0.25, 0.3) is 0 Å². The van der Waals surface area contributed by atoms with Gasteiger partial charge in [-0.25, -0.2) is 0 Å². The molecule has 0 bridgehead atoms. The lowest BCUT2D eigenvalue weighted by atomic mass is 10.0. The summed E-state index contributed by atoms with van der Waals surface area (Å²) >= 11 is 5.95. The standard InChI is InChI=1S/C23H26ClNO/c1-2-3-4-5-6-9-16-25-17-21(20-10-7-8-11-22(20)25)23(26)18-12-14-19(24)15-13-18/h7-8,10-15,17H,2-6,9,16H2,1H3. The lowest BCUT2D eigenvalue weighted by Gasteiger charge is -2.05. The number of hydrogen-bond acceptors (Lipinski definition) is 1. The van der Waals surface area contributed by atoms with Crippen LogP contribution in [0.15, 0.2) is 54.7 Å². The number of aromatic nitrogens is 1. The van der Waals surface area contributed by atoms with Crippen molar-refractivity contribution in [2.75, 3.05) is 0 Å². The molecule has 0 atom stereocenters. The van der Waals surface area contributed by atoms with Gasteiger partial charge in [0.05, 0.1) is 0 Å². The number of carbonyl (C=O) groups is 1. The third kappa shape index (κ3) is 4.37. The van der Waals surface area contributed by atoms with Gasteiger partial charge < -0.3 is 4.57 Å². The number of hydrogen-bond donors (Lipinski definition) is 0. The first-order valence-corrected chi connectivity index (χ1v) is 9.96. The zero-order valence-corrected chi connectivity index (χ0v) is 16.1. The molecule has 0 aliphatic rings. The molecule has 3 aromatic rings. The Morgan fingerprint density at radius 3 is 2.38 bits per heavy atom. The van der Waals surface area contributed by atoms with Gasteiger partial charge in [-0.3, -0.25) is 4.79 Å². The molecule has 2 nitrogen and oxygen atoms in total. The van der Waals surface area contributed by atoms with Gasteiger partial charge in [-0.2, -0.15) is 0 Å². The van der Waals surface area contributed by atoms with E-state index in [-0.39, 0.29) is 5.78 Å². The molecule has 26 heavy (non-hydrogen) atoms. The number of unbranched alkanes of at least 4 members (excludes halogenated alkanes) is 5. The predicted molar refractivity (Wildman–Crippen MR) is 110 cm³/mol. The number of carbonyl (C=O) groups excluding carboxylic acids is 1. The summed E-state index contributed by atoms with van der Waals surface area (Å²) in [5.41, 5.74) is 2.59. The Kier molecular flexibility index (Phi) is 6.51. The first kappa shape index (κ1) is 18.7. The molecule has 1 heterocycles. The number of halogens is 1. The number of rotatable bonds is 9. The van der Waals surface area contributed by atoms with Gasteiger partial charge in [-0.05, 0) is 36.8 Å². The lowest BCUT2D eigenvalue weighted by molar-refractivity contribution is 0.104. The third-order valence-electron chi connectivity index (χ3n) is 4.89. The summed E-state index contributed by atoms with van der Waals surface area (Å²) in [4.78, 5) is 13.0. The van der Waals surface area contributed by atoms with Crippen LogP contribution in [0.2, 0.25) is 5.02 Å². The van der Waals surface area contributed by atoms with Crippen LogP contribution in [0.1, 0.15) is 61.4 Å². The summed E-state index contributed by atoms with van der Waals surface area (Å²) in [5, 5.41) is 1.67. The van der Waals surface area contributed by atoms with Crippen LogP contribution in [0.4, 0.5) is 0 Å². The Balaban J connectivity index is 1.78. The van der Waals surface area contributed by atoms with Crippen LogP contribution < -0.4 is 0 Å². The number of para-hydroxylation sites is 1. The zero-order chi connectivity index (χ0) is 18.4. The Morgan fingerprint density at radius 2 is 1.62 bits per heavy atom. The maximum atomic E-state index is 13.0. The molecule has 0 fully saturated rings. The molecule has 0 spiro atoms. The minimum absolute atomic E-state index is 0.0552. The summed E-state index contributed by atoms with van der Waals surface area (Å²) in [6.07, 6.45) is 9.63. The van der Waals surface area contributed by atoms with Crippen LogP contribution in [-0.4, -0.2) is 10.4 Å². The van der Waals surface area contributed by atoms with Gasteiger partial charge in [0.2, 0.25) is 0 Å². The highest BCUT2D eigenvalue weighted by atomic mass is 35.5. The molecule has 0 unspecified atom stereocenters. The van der Waals surface area contributed by atoms with E-state index in [0.29, 0.717) is 10.6 Å². The lowest BCUT2D eigenvalue weighted by Crippen LogP contribution is -2.01. The predicted octanol–water partition coefficient (Wildman–Crippen LogP) is 6.89. The first-order chi connectivity index (χ1) is 12.7. The van der Waals surface area contributed by atoms with Crippen molar-refractivity contribution < 1.29 is 4.79 Å². The summed E-state index contributed by atoms with van der Waals surface area (Å²) in [6, 6.07) is 15.3. The Morgan fingerprint density at radius 1 is 0.923 bits per heavy atom. The van der Waals surface area contributed by atoms with E-state index in [1.165, 1.54) is 32.1 Å². The summed E-state index contributed by atoms with van der Waals surface area (Å²) in [7, 11) is 0. The summed E-state index contributed by atoms with van der Waals surface area (Å²) < 4.78 is 2.23. The highest BCUT2D eigenvalue weighted by Gasteiger charge is 2.16. The van der Waals surface area contributed by atoms with Crippen molar-refractivity contribution in [1.29, 1.82) is 0 Å². The number of benzene rings is 2. The van der Waals surface area contributed by atoms with E-state index in [0.717, 1.165) is 29.4 Å². The van der Waals surface area contributed by atoms with E-state index in [2.05, 4.69) is 17.6 Å². The van der Waals surface area contributed by atoms with E-state index in [1.807, 2.05) is 24.4 Å². The monoisotopic (exact) mass is 367 g/mol. The molecule has 1 aromatic heterocycles. The maximum absolute atomic E-state index is 13.0. The molecule has 0 aliphatic heterocycles. The van der Waals surface area contributed by atoms with Crippen LogP contribution in [0.3, 0.4) is 0 Å². The van der Waals surface area contributed by atoms with Gasteiger partial charge in [-0.15, -0.1) is 0 Å². The second-order valence-corrected chi connectivity index (χ2v) is 7.29. The molecule has 3 rings (SSSR count). The molecule has 0 N–H and O–H groups in total. The van der Waals surface area contributed by atoms with Crippen LogP contribution >= 0.6 is 11.6 Å². The number of nitrogens with zero attached hydrogens (tertiary/aromatic N) is 1. The molecule has 0 aliphatic carbocycles. The number of ketones is 1. The van der Waals surface area contributed by atoms with Crippen molar-refractivity contribution in [2.24, 2.45) is 0 Å². The van der Waals surface area contributed by atoms with E-state index >= 15 is 0 Å². The highest BCUT2D eigenvalue weighted by molar-refractivity contribution is 6.30. The van der Waals surface area contributed by atoms with Crippen molar-refractivity contribution >= 4 is 28.3 Å². The van der Waals surface area contributed by atoms with Crippen LogP contribution in [0, 0.1) is 0 Å². The molecular formula is C23H26ClNO. The van der Waals surface area contributed by atoms with Crippen molar-refractivity contribution in [3.8, 4) is 0 Å². The Bertz CT molecular complexity index is 864. The topological polar surface area (TPSA) is 22.0 Å². The van der Waals surface area contributed by atoms with Gasteiger partial charge in [0, 0.05) is 39.8 Å². The highest BCUT2D eigenvalue weighted by Crippen LogP contribution is 2.25. The zero-order valence-electron chi connectivity index (χ0n) is 15.4. The van der Waals surface area contributed by atoms with Crippen molar-refractivity contribution in [3.05, 3.63) is 70.9 Å². The quantitative estimate of drug-likeness (QED) is 0.298. The van der Waals surface area contributed by atoms with Crippen LogP contribution in [-0.2, 0) is 6.54 Å². The molecule has 3 heteroatoms. The van der Waals surface area contributed by atoms with Crippen molar-refractivity contribution in [2.45, 2.75) is 52.0 Å². The molecule has 2 aromatic carbocycles. The fourth-order valence-electron chi connectivity index (χ4n) is 3.43. The molecule has 0 saturated carbocycles. The largest absolute Gasteiger partial charge is 0.347 e. The van der Waals surface area contributed by atoms with Gasteiger partial charge in [0.1, 0.15) is 0 Å². The number of fused-ring (bicyclic) bond motifs is 1. The molecule has 0 saturated heterocycles. The fourth-order valence-corrected chi connectivity index (χ4v) is 3.56. The minimum Gasteiger partial charge on any atom is -0.347 e. The third-order valence-corrected chi connectivity index (χ3v) is 5.14. The van der Waals surface area contributed by atoms with Crippen LogP contribution in [0.5, 0.6) is 0 Å². The molecule has 0 radical (unpaired) electrons. The summed E-state index contributed by atoms with van der Waals surface area (Å²) in [6.45, 7) is 3.20. The first-order valence-electron chi connectivity index (χ1n) is 9.59. The summed E-state index contributed by atoms with van der Waals surface area (Å²) in [5.74, 6) is 0.0552. The van der Waals surface area contributed by atoms with E-state index in [9.17, 15) is 4.79 Å². The van der Waals surface area contributed by atoms with Crippen molar-refractivity contribution in [3.63, 3.8) is 0 Å². The fraction of sp³-hybridized carbons (Fsp3) is 0.348. The van der Waals surface area contributed by atoms with Gasteiger partial charge in [-0.1, -0.05) is 68.8 Å². The van der Waals surface area contributed by atoms with Gasteiger partial charge in [0.15, 0.2) is 5.78 Å². The minimum atomic E-state index is 0.0552. The second kappa shape index (κ2) is 9.05. The normalized spacial score (nSPS) is 11.2. The van der Waals surface area contributed by atoms with Crippen LogP contribution in [0.25, 0.3) is 10.9 Å². The maximum Gasteiger partial charge on any atom is 0.195 e. The van der Waals surface area contributed by atoms with Crippen molar-refractivity contribution in [1.82, 2.24) is 4.57 Å². The van der Waals surface area contributed by atoms with E-state index in [4.69, 9.17) is 11.6 Å². The van der Waals surface area contributed by atoms with Gasteiger partial charge >= 0.3 is 0 Å². The van der Waals surface area contributed by atoms with E-state index < -0.39 is 0 Å². The Labute approximate surface area is 160 Å². The average Bonchev–Trinajstić information content (AvgIpc) is 3.03. The molecule has 136 valence electrons.